The lowest BCUT2D eigenvalue weighted by atomic mass is 10.1. The molecular formula is C10H8F3N. The molecule has 0 spiro atoms. The molecule has 0 bridgehead atoms. The van der Waals surface area contributed by atoms with Crippen LogP contribution in [0.1, 0.15) is 17.5 Å². The fourth-order valence-corrected chi connectivity index (χ4v) is 1.06. The quantitative estimate of drug-likeness (QED) is 0.717. The van der Waals surface area contributed by atoms with Gasteiger partial charge in [-0.1, -0.05) is 12.1 Å². The summed E-state index contributed by atoms with van der Waals surface area (Å²) < 4.78 is 36.4. The van der Waals surface area contributed by atoms with Gasteiger partial charge in [0.2, 0.25) is 0 Å². The molecule has 1 nitrogen and oxygen atoms in total. The first-order valence-electron chi connectivity index (χ1n) is 4.07. The van der Waals surface area contributed by atoms with Crippen molar-refractivity contribution in [2.45, 2.75) is 19.0 Å². The zero-order chi connectivity index (χ0) is 10.6. The number of rotatable bonds is 2. The predicted molar refractivity (Wildman–Crippen MR) is 45.4 cm³/mol. The molecular weight excluding hydrogens is 191 g/mol. The predicted octanol–water partition coefficient (Wildman–Crippen LogP) is 3.16. The van der Waals surface area contributed by atoms with E-state index in [2.05, 4.69) is 0 Å². The van der Waals surface area contributed by atoms with Crippen molar-refractivity contribution in [2.24, 2.45) is 0 Å². The lowest BCUT2D eigenvalue weighted by molar-refractivity contribution is -0.137. The molecule has 4 heteroatoms. The Kier molecular flexibility index (Phi) is 3.13. The summed E-state index contributed by atoms with van der Waals surface area (Å²) in [6.45, 7) is 0. The highest BCUT2D eigenvalue weighted by Crippen LogP contribution is 2.29. The van der Waals surface area contributed by atoms with Gasteiger partial charge in [0.1, 0.15) is 0 Å². The van der Waals surface area contributed by atoms with E-state index in [0.717, 1.165) is 17.7 Å². The minimum atomic E-state index is -4.28. The Morgan fingerprint density at radius 3 is 2.14 bits per heavy atom. The average molecular weight is 199 g/mol. The van der Waals surface area contributed by atoms with Gasteiger partial charge in [0, 0.05) is 6.42 Å². The van der Waals surface area contributed by atoms with Gasteiger partial charge in [-0.25, -0.2) is 0 Å². The fourth-order valence-electron chi connectivity index (χ4n) is 1.06. The van der Waals surface area contributed by atoms with Gasteiger partial charge >= 0.3 is 6.18 Å². The highest BCUT2D eigenvalue weighted by atomic mass is 19.4. The summed E-state index contributed by atoms with van der Waals surface area (Å²) in [4.78, 5) is 0. The fraction of sp³-hybridized carbons (Fsp3) is 0.300. The molecule has 0 aliphatic carbocycles. The molecule has 0 saturated carbocycles. The highest BCUT2D eigenvalue weighted by Gasteiger charge is 2.29. The van der Waals surface area contributed by atoms with Crippen LogP contribution in [0.5, 0.6) is 0 Å². The molecule has 1 aromatic rings. The van der Waals surface area contributed by atoms with Crippen molar-refractivity contribution in [3.05, 3.63) is 35.4 Å². The Morgan fingerprint density at radius 2 is 1.71 bits per heavy atom. The number of alkyl halides is 3. The van der Waals surface area contributed by atoms with Crippen molar-refractivity contribution in [2.75, 3.05) is 0 Å². The van der Waals surface area contributed by atoms with E-state index in [1.807, 2.05) is 6.07 Å². The van der Waals surface area contributed by atoms with Crippen LogP contribution in [0.4, 0.5) is 13.2 Å². The summed E-state index contributed by atoms with van der Waals surface area (Å²) in [5.41, 5.74) is 0.0951. The lowest BCUT2D eigenvalue weighted by Gasteiger charge is -2.06. The number of nitriles is 1. The summed E-state index contributed by atoms with van der Waals surface area (Å²) in [5, 5.41) is 8.28. The first-order chi connectivity index (χ1) is 6.54. The van der Waals surface area contributed by atoms with Gasteiger partial charge in [-0.2, -0.15) is 18.4 Å². The molecule has 0 saturated heterocycles. The lowest BCUT2D eigenvalue weighted by Crippen LogP contribution is -2.04. The molecule has 0 aromatic heterocycles. The van der Waals surface area contributed by atoms with Crippen molar-refractivity contribution in [1.82, 2.24) is 0 Å². The van der Waals surface area contributed by atoms with Crippen LogP contribution in [0, 0.1) is 11.3 Å². The Hall–Kier alpha value is -1.50. The van der Waals surface area contributed by atoms with Crippen LogP contribution in [0.25, 0.3) is 0 Å². The van der Waals surface area contributed by atoms with Crippen LogP contribution in [0.3, 0.4) is 0 Å². The molecule has 0 N–H and O–H groups in total. The number of nitrogens with zero attached hydrogens (tertiary/aromatic N) is 1. The summed E-state index contributed by atoms with van der Waals surface area (Å²) in [6.07, 6.45) is -3.46. The van der Waals surface area contributed by atoms with Crippen LogP contribution < -0.4 is 0 Å². The van der Waals surface area contributed by atoms with Gasteiger partial charge in [0.15, 0.2) is 0 Å². The van der Waals surface area contributed by atoms with E-state index in [1.54, 1.807) is 0 Å². The van der Waals surface area contributed by atoms with Crippen LogP contribution >= 0.6 is 0 Å². The second kappa shape index (κ2) is 4.14. The summed E-state index contributed by atoms with van der Waals surface area (Å²) >= 11 is 0. The largest absolute Gasteiger partial charge is 0.416 e. The number of halogens is 3. The molecule has 1 rings (SSSR count). The molecule has 0 aliphatic heterocycles. The Balaban J connectivity index is 2.75. The van der Waals surface area contributed by atoms with Crippen molar-refractivity contribution in [3.8, 4) is 6.07 Å². The zero-order valence-corrected chi connectivity index (χ0v) is 7.30. The summed E-state index contributed by atoms with van der Waals surface area (Å²) in [6, 6.07) is 6.81. The van der Waals surface area contributed by atoms with E-state index in [1.165, 1.54) is 12.1 Å². The van der Waals surface area contributed by atoms with Gasteiger partial charge < -0.3 is 0 Å². The van der Waals surface area contributed by atoms with Gasteiger partial charge in [0.05, 0.1) is 11.6 Å². The summed E-state index contributed by atoms with van der Waals surface area (Å²) in [7, 11) is 0. The van der Waals surface area contributed by atoms with E-state index in [-0.39, 0.29) is 0 Å². The molecule has 0 atom stereocenters. The second-order valence-corrected chi connectivity index (χ2v) is 2.85. The number of benzene rings is 1. The number of aryl methyl sites for hydroxylation is 1. The third-order valence-corrected chi connectivity index (χ3v) is 1.81. The van der Waals surface area contributed by atoms with Gasteiger partial charge in [0.25, 0.3) is 0 Å². The van der Waals surface area contributed by atoms with Crippen molar-refractivity contribution in [3.63, 3.8) is 0 Å². The minimum Gasteiger partial charge on any atom is -0.198 e. The molecule has 0 amide bonds. The Morgan fingerprint density at radius 1 is 1.14 bits per heavy atom. The van der Waals surface area contributed by atoms with Gasteiger partial charge in [-0.05, 0) is 24.1 Å². The monoisotopic (exact) mass is 199 g/mol. The average Bonchev–Trinajstić information content (AvgIpc) is 2.14. The van der Waals surface area contributed by atoms with Crippen LogP contribution in [0.2, 0.25) is 0 Å². The first-order valence-corrected chi connectivity index (χ1v) is 4.07. The SMILES string of the molecule is N#CCCc1ccc(C(F)(F)F)cc1. The number of hydrogen-bond donors (Lipinski definition) is 0. The minimum absolute atomic E-state index is 0.325. The topological polar surface area (TPSA) is 23.8 Å². The zero-order valence-electron chi connectivity index (χ0n) is 7.30. The molecule has 74 valence electrons. The molecule has 0 fully saturated rings. The molecule has 1 aromatic carbocycles. The van der Waals surface area contributed by atoms with E-state index >= 15 is 0 Å². The van der Waals surface area contributed by atoms with Crippen LogP contribution in [-0.4, -0.2) is 0 Å². The third kappa shape index (κ3) is 2.77. The standard InChI is InChI=1S/C10H8F3N/c11-10(12,13)9-5-3-8(4-6-9)2-1-7-14/h3-6H,1-2H2. The van der Waals surface area contributed by atoms with Crippen molar-refractivity contribution >= 4 is 0 Å². The molecule has 0 heterocycles. The highest BCUT2D eigenvalue weighted by molar-refractivity contribution is 5.24. The second-order valence-electron chi connectivity index (χ2n) is 2.85. The Bertz CT molecular complexity index is 332. The number of hydrogen-bond acceptors (Lipinski definition) is 1. The third-order valence-electron chi connectivity index (χ3n) is 1.81. The van der Waals surface area contributed by atoms with Crippen molar-refractivity contribution < 1.29 is 13.2 Å². The van der Waals surface area contributed by atoms with E-state index in [0.29, 0.717) is 12.8 Å². The Labute approximate surface area is 79.8 Å². The maximum Gasteiger partial charge on any atom is 0.416 e. The molecule has 14 heavy (non-hydrogen) atoms. The molecule has 0 unspecified atom stereocenters. The van der Waals surface area contributed by atoms with E-state index < -0.39 is 11.7 Å². The van der Waals surface area contributed by atoms with E-state index in [4.69, 9.17) is 5.26 Å². The van der Waals surface area contributed by atoms with Crippen LogP contribution in [0.15, 0.2) is 24.3 Å². The maximum absolute atomic E-state index is 12.1. The molecule has 0 aliphatic rings. The normalized spacial score (nSPS) is 11.0. The maximum atomic E-state index is 12.1. The smallest absolute Gasteiger partial charge is 0.198 e. The van der Waals surface area contributed by atoms with Crippen molar-refractivity contribution in [1.29, 1.82) is 5.26 Å². The summed E-state index contributed by atoms with van der Waals surface area (Å²) in [5.74, 6) is 0. The first kappa shape index (κ1) is 10.6. The van der Waals surface area contributed by atoms with E-state index in [9.17, 15) is 13.2 Å². The van der Waals surface area contributed by atoms with Gasteiger partial charge in [-0.3, -0.25) is 0 Å². The van der Waals surface area contributed by atoms with Gasteiger partial charge in [-0.15, -0.1) is 0 Å². The molecule has 0 radical (unpaired) electrons. The van der Waals surface area contributed by atoms with Crippen LogP contribution in [-0.2, 0) is 12.6 Å².